The lowest BCUT2D eigenvalue weighted by Gasteiger charge is -2.19. The Morgan fingerprint density at radius 3 is 3.13 bits per heavy atom. The standard InChI is InChI=1S/C12H15NO2/c1-14-9-2-3-10-11(6-9)15-8-12(10)4-5-13-7-12/h2-3,6,13H,4-5,7-8H2,1H3. The highest BCUT2D eigenvalue weighted by atomic mass is 16.5. The molecule has 1 unspecified atom stereocenters. The summed E-state index contributed by atoms with van der Waals surface area (Å²) in [4.78, 5) is 0. The first-order valence-electron chi connectivity index (χ1n) is 5.36. The van der Waals surface area contributed by atoms with Crippen molar-refractivity contribution in [2.24, 2.45) is 0 Å². The summed E-state index contributed by atoms with van der Waals surface area (Å²) in [6, 6.07) is 6.16. The Morgan fingerprint density at radius 1 is 1.47 bits per heavy atom. The minimum atomic E-state index is 0.224. The van der Waals surface area contributed by atoms with Crippen molar-refractivity contribution in [2.45, 2.75) is 11.8 Å². The van der Waals surface area contributed by atoms with Crippen LogP contribution in [0.1, 0.15) is 12.0 Å². The molecule has 2 aliphatic rings. The van der Waals surface area contributed by atoms with Crippen LogP contribution in [0.25, 0.3) is 0 Å². The smallest absolute Gasteiger partial charge is 0.126 e. The summed E-state index contributed by atoms with van der Waals surface area (Å²) in [7, 11) is 1.68. The third-order valence-corrected chi connectivity index (χ3v) is 3.51. The summed E-state index contributed by atoms with van der Waals surface area (Å²) in [6.45, 7) is 2.93. The molecular weight excluding hydrogens is 190 g/mol. The van der Waals surface area contributed by atoms with Crippen LogP contribution in [0.5, 0.6) is 11.5 Å². The van der Waals surface area contributed by atoms with Gasteiger partial charge in [0, 0.05) is 23.6 Å². The molecule has 0 aromatic heterocycles. The fraction of sp³-hybridized carbons (Fsp3) is 0.500. The predicted octanol–water partition coefficient (Wildman–Crippen LogP) is 1.32. The molecule has 15 heavy (non-hydrogen) atoms. The van der Waals surface area contributed by atoms with Gasteiger partial charge in [0.25, 0.3) is 0 Å². The van der Waals surface area contributed by atoms with Crippen molar-refractivity contribution in [3.8, 4) is 11.5 Å². The summed E-state index contributed by atoms with van der Waals surface area (Å²) < 4.78 is 11.0. The van der Waals surface area contributed by atoms with Crippen molar-refractivity contribution >= 4 is 0 Å². The maximum absolute atomic E-state index is 5.76. The third kappa shape index (κ3) is 1.23. The van der Waals surface area contributed by atoms with Gasteiger partial charge in [-0.3, -0.25) is 0 Å². The summed E-state index contributed by atoms with van der Waals surface area (Å²) in [5, 5.41) is 3.41. The van der Waals surface area contributed by atoms with Crippen molar-refractivity contribution in [1.29, 1.82) is 0 Å². The molecule has 0 saturated carbocycles. The van der Waals surface area contributed by atoms with Crippen molar-refractivity contribution < 1.29 is 9.47 Å². The summed E-state index contributed by atoms with van der Waals surface area (Å²) in [5.41, 5.74) is 1.56. The maximum atomic E-state index is 5.76. The number of methoxy groups -OCH3 is 1. The quantitative estimate of drug-likeness (QED) is 0.750. The van der Waals surface area contributed by atoms with E-state index in [0.29, 0.717) is 0 Å². The molecular formula is C12H15NO2. The van der Waals surface area contributed by atoms with Crippen LogP contribution in [0.2, 0.25) is 0 Å². The van der Waals surface area contributed by atoms with Crippen molar-refractivity contribution in [2.75, 3.05) is 26.8 Å². The molecule has 0 radical (unpaired) electrons. The number of rotatable bonds is 1. The van der Waals surface area contributed by atoms with E-state index in [9.17, 15) is 0 Å². The summed E-state index contributed by atoms with van der Waals surface area (Å²) in [6.07, 6.45) is 1.17. The molecule has 3 rings (SSSR count). The average Bonchev–Trinajstić information content (AvgIpc) is 2.88. The zero-order chi connectivity index (χ0) is 10.3. The van der Waals surface area contributed by atoms with E-state index >= 15 is 0 Å². The number of fused-ring (bicyclic) bond motifs is 2. The van der Waals surface area contributed by atoms with E-state index in [2.05, 4.69) is 11.4 Å². The van der Waals surface area contributed by atoms with Gasteiger partial charge in [-0.15, -0.1) is 0 Å². The Kier molecular flexibility index (Phi) is 1.89. The predicted molar refractivity (Wildman–Crippen MR) is 57.7 cm³/mol. The van der Waals surface area contributed by atoms with Crippen LogP contribution in [-0.2, 0) is 5.41 Å². The van der Waals surface area contributed by atoms with Crippen molar-refractivity contribution in [3.05, 3.63) is 23.8 Å². The van der Waals surface area contributed by atoms with E-state index < -0.39 is 0 Å². The van der Waals surface area contributed by atoms with Gasteiger partial charge in [-0.2, -0.15) is 0 Å². The van der Waals surface area contributed by atoms with Crippen LogP contribution in [0.15, 0.2) is 18.2 Å². The molecule has 2 aliphatic heterocycles. The molecule has 0 aliphatic carbocycles. The Labute approximate surface area is 89.4 Å². The third-order valence-electron chi connectivity index (χ3n) is 3.51. The number of hydrogen-bond acceptors (Lipinski definition) is 3. The average molecular weight is 205 g/mol. The Hall–Kier alpha value is -1.22. The van der Waals surface area contributed by atoms with E-state index in [1.165, 1.54) is 12.0 Å². The number of ether oxygens (including phenoxy) is 2. The second-order valence-electron chi connectivity index (χ2n) is 4.36. The highest BCUT2D eigenvalue weighted by Crippen LogP contribution is 2.43. The van der Waals surface area contributed by atoms with Crippen LogP contribution >= 0.6 is 0 Å². The molecule has 80 valence electrons. The van der Waals surface area contributed by atoms with Crippen LogP contribution in [0.4, 0.5) is 0 Å². The van der Waals surface area contributed by atoms with Crippen molar-refractivity contribution in [1.82, 2.24) is 5.32 Å². The maximum Gasteiger partial charge on any atom is 0.126 e. The first-order chi connectivity index (χ1) is 7.34. The van der Waals surface area contributed by atoms with Crippen LogP contribution in [-0.4, -0.2) is 26.8 Å². The van der Waals surface area contributed by atoms with Gasteiger partial charge in [0.05, 0.1) is 13.7 Å². The van der Waals surface area contributed by atoms with Gasteiger partial charge < -0.3 is 14.8 Å². The molecule has 3 nitrogen and oxygen atoms in total. The fourth-order valence-electron chi connectivity index (χ4n) is 2.58. The highest BCUT2D eigenvalue weighted by Gasteiger charge is 2.42. The zero-order valence-corrected chi connectivity index (χ0v) is 8.88. The molecule has 1 fully saturated rings. The lowest BCUT2D eigenvalue weighted by Crippen LogP contribution is -2.30. The van der Waals surface area contributed by atoms with Gasteiger partial charge in [-0.1, -0.05) is 6.07 Å². The molecule has 1 N–H and O–H groups in total. The zero-order valence-electron chi connectivity index (χ0n) is 8.88. The SMILES string of the molecule is COc1ccc2c(c1)OCC21CCNC1. The normalized spacial score (nSPS) is 27.8. The molecule has 3 heteroatoms. The second kappa shape index (κ2) is 3.14. The molecule has 1 aromatic rings. The Bertz CT molecular complexity index is 383. The van der Waals surface area contributed by atoms with E-state index in [-0.39, 0.29) is 5.41 Å². The lowest BCUT2D eigenvalue weighted by atomic mass is 9.82. The number of nitrogens with one attached hydrogen (secondary N) is 1. The minimum absolute atomic E-state index is 0.224. The topological polar surface area (TPSA) is 30.5 Å². The molecule has 1 atom stereocenters. The molecule has 0 bridgehead atoms. The van der Waals surface area contributed by atoms with Gasteiger partial charge in [-0.05, 0) is 19.0 Å². The number of hydrogen-bond donors (Lipinski definition) is 1. The van der Waals surface area contributed by atoms with E-state index in [4.69, 9.17) is 9.47 Å². The molecule has 2 heterocycles. The largest absolute Gasteiger partial charge is 0.497 e. The first-order valence-corrected chi connectivity index (χ1v) is 5.36. The minimum Gasteiger partial charge on any atom is -0.497 e. The second-order valence-corrected chi connectivity index (χ2v) is 4.36. The van der Waals surface area contributed by atoms with E-state index in [1.54, 1.807) is 7.11 Å². The van der Waals surface area contributed by atoms with Gasteiger partial charge >= 0.3 is 0 Å². The lowest BCUT2D eigenvalue weighted by molar-refractivity contribution is 0.277. The van der Waals surface area contributed by atoms with E-state index in [0.717, 1.165) is 31.2 Å². The highest BCUT2D eigenvalue weighted by molar-refractivity contribution is 5.49. The summed E-state index contributed by atoms with van der Waals surface area (Å²) >= 11 is 0. The van der Waals surface area contributed by atoms with Crippen LogP contribution < -0.4 is 14.8 Å². The first kappa shape index (κ1) is 9.04. The van der Waals surface area contributed by atoms with Gasteiger partial charge in [0.1, 0.15) is 11.5 Å². The van der Waals surface area contributed by atoms with E-state index in [1.807, 2.05) is 12.1 Å². The molecule has 1 aromatic carbocycles. The monoisotopic (exact) mass is 205 g/mol. The molecule has 1 spiro atoms. The fourth-order valence-corrected chi connectivity index (χ4v) is 2.58. The Balaban J connectivity index is 2.03. The number of benzene rings is 1. The van der Waals surface area contributed by atoms with Gasteiger partial charge in [0.15, 0.2) is 0 Å². The van der Waals surface area contributed by atoms with Crippen LogP contribution in [0.3, 0.4) is 0 Å². The Morgan fingerprint density at radius 2 is 2.40 bits per heavy atom. The molecule has 1 saturated heterocycles. The van der Waals surface area contributed by atoms with Gasteiger partial charge in [-0.25, -0.2) is 0 Å². The van der Waals surface area contributed by atoms with Gasteiger partial charge in [0.2, 0.25) is 0 Å². The van der Waals surface area contributed by atoms with Crippen molar-refractivity contribution in [3.63, 3.8) is 0 Å². The summed E-state index contributed by atoms with van der Waals surface area (Å²) in [5.74, 6) is 1.87. The molecule has 0 amide bonds. The van der Waals surface area contributed by atoms with Crippen LogP contribution in [0, 0.1) is 0 Å².